The Bertz CT molecular complexity index is 561. The topological polar surface area (TPSA) is 51.0 Å². The van der Waals surface area contributed by atoms with Crippen molar-refractivity contribution in [2.24, 2.45) is 0 Å². The summed E-state index contributed by atoms with van der Waals surface area (Å²) in [6, 6.07) is 4.29. The van der Waals surface area contributed by atoms with E-state index < -0.39 is 11.6 Å². The van der Waals surface area contributed by atoms with Gasteiger partial charge in [0.05, 0.1) is 13.0 Å². The first-order chi connectivity index (χ1) is 9.22. The lowest BCUT2D eigenvalue weighted by Crippen LogP contribution is -2.15. The maximum Gasteiger partial charge on any atom is 0.230 e. The molecule has 0 bridgehead atoms. The zero-order valence-corrected chi connectivity index (χ0v) is 10.2. The Balaban J connectivity index is 1.68. The van der Waals surface area contributed by atoms with E-state index in [1.54, 1.807) is 0 Å². The van der Waals surface area contributed by atoms with Gasteiger partial charge in [-0.15, -0.1) is 10.2 Å². The largest absolute Gasteiger partial charge is 0.424 e. The van der Waals surface area contributed by atoms with E-state index in [4.69, 9.17) is 4.42 Å². The van der Waals surface area contributed by atoms with Gasteiger partial charge in [0.15, 0.2) is 0 Å². The van der Waals surface area contributed by atoms with Crippen LogP contribution in [0.2, 0.25) is 0 Å². The number of hydrogen-bond acceptors (Lipinski definition) is 4. The number of nitrogens with one attached hydrogen (secondary N) is 1. The molecular weight excluding hydrogens is 252 g/mol. The van der Waals surface area contributed by atoms with Crippen LogP contribution in [-0.2, 0) is 13.0 Å². The third kappa shape index (κ3) is 2.96. The molecule has 0 spiro atoms. The molecule has 0 atom stereocenters. The second-order valence-electron chi connectivity index (χ2n) is 4.62. The highest BCUT2D eigenvalue weighted by Gasteiger charge is 2.21. The highest BCUT2D eigenvalue weighted by Crippen LogP contribution is 2.19. The predicted molar refractivity (Wildman–Crippen MR) is 63.3 cm³/mol. The lowest BCUT2D eigenvalue weighted by Gasteiger charge is -2.01. The van der Waals surface area contributed by atoms with E-state index in [0.717, 1.165) is 0 Å². The molecule has 0 saturated heterocycles. The molecule has 1 aromatic heterocycles. The van der Waals surface area contributed by atoms with Gasteiger partial charge < -0.3 is 9.73 Å². The van der Waals surface area contributed by atoms with E-state index >= 15 is 0 Å². The summed E-state index contributed by atoms with van der Waals surface area (Å²) in [6.07, 6.45) is 2.30. The molecule has 4 nitrogen and oxygen atoms in total. The van der Waals surface area contributed by atoms with Crippen LogP contribution in [0.25, 0.3) is 0 Å². The second kappa shape index (κ2) is 5.05. The van der Waals surface area contributed by atoms with Crippen molar-refractivity contribution in [2.75, 3.05) is 0 Å². The molecule has 19 heavy (non-hydrogen) atoms. The molecule has 1 heterocycles. The van der Waals surface area contributed by atoms with Crippen LogP contribution in [0.15, 0.2) is 22.6 Å². The molecule has 2 aromatic rings. The standard InChI is InChI=1S/C13H13F2N3O/c14-10-2-1-3-11(15)9(10)6-12-17-18-13(19-12)7-16-8-4-5-8/h1-3,8,16H,4-7H2. The number of rotatable bonds is 5. The summed E-state index contributed by atoms with van der Waals surface area (Å²) < 4.78 is 32.3. The van der Waals surface area contributed by atoms with Crippen LogP contribution in [0.1, 0.15) is 30.2 Å². The molecule has 100 valence electrons. The van der Waals surface area contributed by atoms with E-state index in [9.17, 15) is 8.78 Å². The van der Waals surface area contributed by atoms with Crippen LogP contribution in [0.5, 0.6) is 0 Å². The lowest BCUT2D eigenvalue weighted by molar-refractivity contribution is 0.433. The van der Waals surface area contributed by atoms with Crippen molar-refractivity contribution in [3.05, 3.63) is 47.2 Å². The average molecular weight is 265 g/mol. The Hall–Kier alpha value is -1.82. The summed E-state index contributed by atoms with van der Waals surface area (Å²) >= 11 is 0. The fourth-order valence-corrected chi connectivity index (χ4v) is 1.80. The Morgan fingerprint density at radius 2 is 1.84 bits per heavy atom. The number of aromatic nitrogens is 2. The molecule has 0 unspecified atom stereocenters. The van der Waals surface area contributed by atoms with E-state index in [1.165, 1.54) is 31.0 Å². The molecule has 0 radical (unpaired) electrons. The molecule has 0 amide bonds. The van der Waals surface area contributed by atoms with Crippen LogP contribution in [0.3, 0.4) is 0 Å². The highest BCUT2D eigenvalue weighted by molar-refractivity contribution is 5.22. The molecule has 1 aromatic carbocycles. The van der Waals surface area contributed by atoms with Gasteiger partial charge in [-0.05, 0) is 25.0 Å². The van der Waals surface area contributed by atoms with Gasteiger partial charge in [-0.1, -0.05) is 6.07 Å². The lowest BCUT2D eigenvalue weighted by atomic mass is 10.1. The van der Waals surface area contributed by atoms with Crippen LogP contribution in [-0.4, -0.2) is 16.2 Å². The maximum absolute atomic E-state index is 13.5. The highest BCUT2D eigenvalue weighted by atomic mass is 19.1. The Morgan fingerprint density at radius 1 is 1.16 bits per heavy atom. The van der Waals surface area contributed by atoms with Crippen LogP contribution in [0.4, 0.5) is 8.78 Å². The quantitative estimate of drug-likeness (QED) is 0.900. The van der Waals surface area contributed by atoms with Crippen molar-refractivity contribution in [1.82, 2.24) is 15.5 Å². The zero-order valence-electron chi connectivity index (χ0n) is 10.2. The van der Waals surface area contributed by atoms with Gasteiger partial charge in [-0.3, -0.25) is 0 Å². The monoisotopic (exact) mass is 265 g/mol. The number of benzene rings is 1. The summed E-state index contributed by atoms with van der Waals surface area (Å²) in [7, 11) is 0. The van der Waals surface area contributed by atoms with Crippen LogP contribution in [0, 0.1) is 11.6 Å². The molecule has 0 aliphatic heterocycles. The summed E-state index contributed by atoms with van der Waals surface area (Å²) in [5.74, 6) is -0.540. The smallest absolute Gasteiger partial charge is 0.230 e. The molecule has 1 aliphatic carbocycles. The molecule has 1 aliphatic rings. The molecule has 1 saturated carbocycles. The van der Waals surface area contributed by atoms with Gasteiger partial charge in [-0.25, -0.2) is 8.78 Å². The van der Waals surface area contributed by atoms with Gasteiger partial charge in [0.2, 0.25) is 11.8 Å². The van der Waals surface area contributed by atoms with Crippen molar-refractivity contribution in [2.45, 2.75) is 31.8 Å². The van der Waals surface area contributed by atoms with E-state index in [-0.39, 0.29) is 17.9 Å². The van der Waals surface area contributed by atoms with E-state index in [1.807, 2.05) is 0 Å². The first kappa shape index (κ1) is 12.2. The molecule has 6 heteroatoms. The average Bonchev–Trinajstić information content (AvgIpc) is 3.11. The Morgan fingerprint density at radius 3 is 2.53 bits per heavy atom. The molecule has 3 rings (SSSR count). The predicted octanol–water partition coefficient (Wildman–Crippen LogP) is 2.19. The van der Waals surface area contributed by atoms with Crippen molar-refractivity contribution < 1.29 is 13.2 Å². The summed E-state index contributed by atoms with van der Waals surface area (Å²) in [4.78, 5) is 0. The first-order valence-electron chi connectivity index (χ1n) is 6.20. The van der Waals surface area contributed by atoms with Crippen molar-refractivity contribution in [1.29, 1.82) is 0 Å². The van der Waals surface area contributed by atoms with Crippen LogP contribution >= 0.6 is 0 Å². The third-order valence-corrected chi connectivity index (χ3v) is 3.02. The van der Waals surface area contributed by atoms with Gasteiger partial charge in [0, 0.05) is 11.6 Å². The molecular formula is C13H13F2N3O. The van der Waals surface area contributed by atoms with Gasteiger partial charge in [-0.2, -0.15) is 0 Å². The zero-order chi connectivity index (χ0) is 13.2. The van der Waals surface area contributed by atoms with Crippen molar-refractivity contribution in [3.8, 4) is 0 Å². The van der Waals surface area contributed by atoms with Crippen LogP contribution < -0.4 is 5.32 Å². The molecule has 1 fully saturated rings. The summed E-state index contributed by atoms with van der Waals surface area (Å²) in [6.45, 7) is 0.497. The van der Waals surface area contributed by atoms with Gasteiger partial charge in [0.25, 0.3) is 0 Å². The maximum atomic E-state index is 13.5. The minimum Gasteiger partial charge on any atom is -0.424 e. The summed E-state index contributed by atoms with van der Waals surface area (Å²) in [5, 5.41) is 10.9. The number of nitrogens with zero attached hydrogens (tertiary/aromatic N) is 2. The fraction of sp³-hybridized carbons (Fsp3) is 0.385. The van der Waals surface area contributed by atoms with Gasteiger partial charge >= 0.3 is 0 Å². The van der Waals surface area contributed by atoms with E-state index in [0.29, 0.717) is 18.5 Å². The normalized spacial score (nSPS) is 14.8. The minimum absolute atomic E-state index is 0.0328. The second-order valence-corrected chi connectivity index (χ2v) is 4.62. The number of halogens is 2. The Labute approximate surface area is 108 Å². The third-order valence-electron chi connectivity index (χ3n) is 3.02. The minimum atomic E-state index is -0.601. The van der Waals surface area contributed by atoms with Crippen molar-refractivity contribution in [3.63, 3.8) is 0 Å². The fourth-order valence-electron chi connectivity index (χ4n) is 1.80. The number of hydrogen-bond donors (Lipinski definition) is 1. The SMILES string of the molecule is Fc1cccc(F)c1Cc1nnc(CNC2CC2)o1. The Kier molecular flexibility index (Phi) is 3.25. The summed E-state index contributed by atoms with van der Waals surface area (Å²) in [5.41, 5.74) is -0.0483. The first-order valence-corrected chi connectivity index (χ1v) is 6.20. The molecule has 1 N–H and O–H groups in total. The van der Waals surface area contributed by atoms with E-state index in [2.05, 4.69) is 15.5 Å². The van der Waals surface area contributed by atoms with Gasteiger partial charge in [0.1, 0.15) is 11.6 Å². The van der Waals surface area contributed by atoms with Crippen molar-refractivity contribution >= 4 is 0 Å².